The van der Waals surface area contributed by atoms with E-state index in [1.807, 2.05) is 20.8 Å². The van der Waals surface area contributed by atoms with Gasteiger partial charge in [-0.2, -0.15) is 0 Å². The highest BCUT2D eigenvalue weighted by atomic mass is 16.5. The van der Waals surface area contributed by atoms with E-state index in [-0.39, 0.29) is 18.0 Å². The normalized spacial score (nSPS) is 12.4. The molecule has 3 N–H and O–H groups in total. The summed E-state index contributed by atoms with van der Waals surface area (Å²) in [6.07, 6.45) is 0.995. The Hall–Kier alpha value is -1.34. The molecule has 7 nitrogen and oxygen atoms in total. The van der Waals surface area contributed by atoms with E-state index in [9.17, 15) is 4.79 Å². The van der Waals surface area contributed by atoms with Gasteiger partial charge in [0, 0.05) is 32.8 Å². The highest BCUT2D eigenvalue weighted by molar-refractivity contribution is 5.86. The molecule has 0 aromatic heterocycles. The molecule has 0 radical (unpaired) electrons. The number of nitrogens with zero attached hydrogens (tertiary/aromatic N) is 2. The first-order chi connectivity index (χ1) is 10.3. The molecule has 0 atom stereocenters. The number of aliphatic imine (C=N–C) groups is 1. The molecule has 0 aliphatic rings. The van der Waals surface area contributed by atoms with Crippen LogP contribution in [0.2, 0.25) is 0 Å². The van der Waals surface area contributed by atoms with E-state index in [0.29, 0.717) is 5.96 Å². The van der Waals surface area contributed by atoms with Crippen molar-refractivity contribution in [3.63, 3.8) is 0 Å². The Labute approximate surface area is 134 Å². The van der Waals surface area contributed by atoms with Crippen LogP contribution in [-0.4, -0.2) is 76.3 Å². The molecular weight excluding hydrogens is 282 g/mol. The molecule has 0 aromatic rings. The summed E-state index contributed by atoms with van der Waals surface area (Å²) < 4.78 is 5.04. The van der Waals surface area contributed by atoms with Gasteiger partial charge in [0.1, 0.15) is 0 Å². The van der Waals surface area contributed by atoms with Crippen LogP contribution in [0.1, 0.15) is 27.2 Å². The van der Waals surface area contributed by atoms with Crippen molar-refractivity contribution in [2.24, 2.45) is 4.99 Å². The van der Waals surface area contributed by atoms with Gasteiger partial charge in [-0.05, 0) is 40.8 Å². The zero-order valence-corrected chi connectivity index (χ0v) is 15.0. The molecule has 0 aromatic carbocycles. The number of nitrogens with one attached hydrogen (secondary N) is 3. The lowest BCUT2D eigenvalue weighted by atomic mass is 10.1. The van der Waals surface area contributed by atoms with Crippen molar-refractivity contribution >= 4 is 11.9 Å². The first-order valence-electron chi connectivity index (χ1n) is 7.71. The summed E-state index contributed by atoms with van der Waals surface area (Å²) in [7, 11) is 5.48. The Bertz CT molecular complexity index is 339. The van der Waals surface area contributed by atoms with E-state index in [1.54, 1.807) is 14.2 Å². The maximum Gasteiger partial charge on any atom is 0.239 e. The van der Waals surface area contributed by atoms with E-state index in [4.69, 9.17) is 4.74 Å². The Morgan fingerprint density at radius 3 is 2.45 bits per heavy atom. The van der Waals surface area contributed by atoms with Crippen LogP contribution in [0, 0.1) is 0 Å². The van der Waals surface area contributed by atoms with Gasteiger partial charge in [-0.25, -0.2) is 0 Å². The van der Waals surface area contributed by atoms with Gasteiger partial charge < -0.3 is 25.6 Å². The van der Waals surface area contributed by atoms with Crippen molar-refractivity contribution in [2.75, 3.05) is 54.0 Å². The molecule has 0 bridgehead atoms. The molecule has 0 aliphatic carbocycles. The molecule has 0 saturated heterocycles. The molecule has 0 spiro atoms. The summed E-state index contributed by atoms with van der Waals surface area (Å²) in [4.78, 5) is 18.0. The molecule has 0 rings (SSSR count). The average molecular weight is 315 g/mol. The third-order valence-electron chi connectivity index (χ3n) is 2.84. The number of guanidine groups is 1. The van der Waals surface area contributed by atoms with Crippen LogP contribution < -0.4 is 16.0 Å². The molecule has 0 unspecified atom stereocenters. The second kappa shape index (κ2) is 11.3. The molecule has 7 heteroatoms. The number of hydrogen-bond acceptors (Lipinski definition) is 4. The Kier molecular flexibility index (Phi) is 10.6. The fraction of sp³-hybridized carbons (Fsp3) is 0.867. The van der Waals surface area contributed by atoms with Gasteiger partial charge in [-0.15, -0.1) is 0 Å². The molecular formula is C15H33N5O2. The Morgan fingerprint density at radius 2 is 1.91 bits per heavy atom. The molecule has 0 saturated carbocycles. The van der Waals surface area contributed by atoms with E-state index in [1.165, 1.54) is 0 Å². The van der Waals surface area contributed by atoms with E-state index in [2.05, 4.69) is 32.9 Å². The molecule has 0 heterocycles. The maximum atomic E-state index is 11.7. The fourth-order valence-electron chi connectivity index (χ4n) is 1.76. The lowest BCUT2D eigenvalue weighted by Gasteiger charge is -2.21. The number of ether oxygens (including phenoxy) is 1. The van der Waals surface area contributed by atoms with Gasteiger partial charge in [-0.1, -0.05) is 0 Å². The van der Waals surface area contributed by atoms with Crippen LogP contribution in [0.4, 0.5) is 0 Å². The van der Waals surface area contributed by atoms with E-state index in [0.717, 1.165) is 32.7 Å². The summed E-state index contributed by atoms with van der Waals surface area (Å²) in [5.41, 5.74) is -0.220. The lowest BCUT2D eigenvalue weighted by molar-refractivity contribution is -0.121. The van der Waals surface area contributed by atoms with Crippen molar-refractivity contribution in [2.45, 2.75) is 32.7 Å². The number of methoxy groups -OCH3 is 1. The predicted molar refractivity (Wildman–Crippen MR) is 91.3 cm³/mol. The molecule has 0 fully saturated rings. The van der Waals surface area contributed by atoms with Gasteiger partial charge in [-0.3, -0.25) is 9.79 Å². The summed E-state index contributed by atoms with van der Waals surface area (Å²) in [6, 6.07) is 0. The van der Waals surface area contributed by atoms with Crippen molar-refractivity contribution in [1.82, 2.24) is 20.9 Å². The first-order valence-corrected chi connectivity index (χ1v) is 7.71. The van der Waals surface area contributed by atoms with Gasteiger partial charge in [0.05, 0.1) is 13.2 Å². The summed E-state index contributed by atoms with van der Waals surface area (Å²) >= 11 is 0. The monoisotopic (exact) mass is 315 g/mol. The van der Waals surface area contributed by atoms with Crippen LogP contribution >= 0.6 is 0 Å². The number of carbonyl (C=O) groups excluding carboxylic acids is 1. The number of hydrogen-bond donors (Lipinski definition) is 3. The minimum Gasteiger partial charge on any atom is -0.383 e. The Morgan fingerprint density at radius 1 is 1.23 bits per heavy atom. The smallest absolute Gasteiger partial charge is 0.239 e. The quantitative estimate of drug-likeness (QED) is 0.318. The number of carbonyl (C=O) groups is 1. The molecule has 130 valence electrons. The second-order valence-corrected chi connectivity index (χ2v) is 6.30. The number of rotatable bonds is 9. The van der Waals surface area contributed by atoms with Crippen LogP contribution in [-0.2, 0) is 9.53 Å². The summed E-state index contributed by atoms with van der Waals surface area (Å²) in [5.74, 6) is 0.596. The van der Waals surface area contributed by atoms with E-state index >= 15 is 0 Å². The van der Waals surface area contributed by atoms with E-state index < -0.39 is 0 Å². The number of amides is 1. The first kappa shape index (κ1) is 20.7. The molecule has 0 aliphatic heterocycles. The minimum absolute atomic E-state index is 0.0465. The summed E-state index contributed by atoms with van der Waals surface area (Å²) in [6.45, 7) is 9.54. The fourth-order valence-corrected chi connectivity index (χ4v) is 1.76. The molecule has 22 heavy (non-hydrogen) atoms. The van der Waals surface area contributed by atoms with Crippen molar-refractivity contribution in [1.29, 1.82) is 0 Å². The topological polar surface area (TPSA) is 78.0 Å². The van der Waals surface area contributed by atoms with Gasteiger partial charge in [0.25, 0.3) is 0 Å². The van der Waals surface area contributed by atoms with Crippen LogP contribution in [0.15, 0.2) is 4.99 Å². The van der Waals surface area contributed by atoms with Crippen molar-refractivity contribution in [3.8, 4) is 0 Å². The average Bonchev–Trinajstić information content (AvgIpc) is 2.42. The zero-order chi connectivity index (χ0) is 17.0. The van der Waals surface area contributed by atoms with Crippen LogP contribution in [0.25, 0.3) is 0 Å². The van der Waals surface area contributed by atoms with Crippen LogP contribution in [0.5, 0.6) is 0 Å². The largest absolute Gasteiger partial charge is 0.383 e. The Balaban J connectivity index is 3.83. The van der Waals surface area contributed by atoms with Gasteiger partial charge in [0.15, 0.2) is 5.96 Å². The highest BCUT2D eigenvalue weighted by Gasteiger charge is 2.13. The summed E-state index contributed by atoms with van der Waals surface area (Å²) in [5, 5.41) is 9.11. The highest BCUT2D eigenvalue weighted by Crippen LogP contribution is 1.97. The maximum absolute atomic E-state index is 11.7. The van der Waals surface area contributed by atoms with Crippen molar-refractivity contribution in [3.05, 3.63) is 0 Å². The standard InChI is InChI=1S/C15H33N5O2/c1-15(2,3)19-13(21)12-18-14(16-4)17-8-7-9-20(5)10-11-22-6/h7-12H2,1-6H3,(H,19,21)(H2,16,17,18). The van der Waals surface area contributed by atoms with Gasteiger partial charge >= 0.3 is 0 Å². The zero-order valence-electron chi connectivity index (χ0n) is 15.0. The predicted octanol–water partition coefficient (Wildman–Crippen LogP) is 0.0344. The second-order valence-electron chi connectivity index (χ2n) is 6.30. The SMILES string of the molecule is CN=C(NCCCN(C)CCOC)NCC(=O)NC(C)(C)C. The lowest BCUT2D eigenvalue weighted by Crippen LogP contribution is -2.48. The third kappa shape index (κ3) is 12.4. The minimum atomic E-state index is -0.220. The van der Waals surface area contributed by atoms with Crippen LogP contribution in [0.3, 0.4) is 0 Å². The van der Waals surface area contributed by atoms with Crippen molar-refractivity contribution < 1.29 is 9.53 Å². The third-order valence-corrected chi connectivity index (χ3v) is 2.84. The molecule has 1 amide bonds. The number of likely N-dealkylation sites (N-methyl/N-ethyl adjacent to an activating group) is 1. The van der Waals surface area contributed by atoms with Gasteiger partial charge in [0.2, 0.25) is 5.91 Å².